The standard InChI is InChI=1S/C14H17N3O2/c1-10-13(9-16-17(10)2)14(18)15-8-11-4-6-12(19-3)7-5-11/h4-7,9H,8H2,1-3H3,(H,15,18). The fourth-order valence-electron chi connectivity index (χ4n) is 1.74. The molecule has 19 heavy (non-hydrogen) atoms. The van der Waals surface area contributed by atoms with Crippen LogP contribution in [0.15, 0.2) is 30.5 Å². The third-order valence-corrected chi connectivity index (χ3v) is 3.09. The Kier molecular flexibility index (Phi) is 3.85. The summed E-state index contributed by atoms with van der Waals surface area (Å²) in [6, 6.07) is 7.60. The number of aromatic nitrogens is 2. The maximum absolute atomic E-state index is 12.0. The second-order valence-corrected chi connectivity index (χ2v) is 4.30. The Morgan fingerprint density at radius 2 is 2.05 bits per heavy atom. The Morgan fingerprint density at radius 3 is 2.58 bits per heavy atom. The number of rotatable bonds is 4. The molecule has 1 amide bonds. The van der Waals surface area contributed by atoms with Crippen molar-refractivity contribution in [2.24, 2.45) is 7.05 Å². The molecule has 0 saturated carbocycles. The van der Waals surface area contributed by atoms with Crippen molar-refractivity contribution in [2.45, 2.75) is 13.5 Å². The summed E-state index contributed by atoms with van der Waals surface area (Å²) in [5, 5.41) is 6.93. The van der Waals surface area contributed by atoms with Gasteiger partial charge in [0.05, 0.1) is 18.9 Å². The van der Waals surface area contributed by atoms with Crippen molar-refractivity contribution in [3.05, 3.63) is 47.3 Å². The van der Waals surface area contributed by atoms with E-state index in [2.05, 4.69) is 10.4 Å². The molecule has 0 atom stereocenters. The lowest BCUT2D eigenvalue weighted by molar-refractivity contribution is 0.0950. The van der Waals surface area contributed by atoms with Crippen LogP contribution in [0.25, 0.3) is 0 Å². The van der Waals surface area contributed by atoms with E-state index in [1.54, 1.807) is 18.0 Å². The number of aryl methyl sites for hydroxylation is 1. The SMILES string of the molecule is COc1ccc(CNC(=O)c2cnn(C)c2C)cc1. The van der Waals surface area contributed by atoms with Gasteiger partial charge in [0.2, 0.25) is 0 Å². The van der Waals surface area contributed by atoms with Crippen LogP contribution < -0.4 is 10.1 Å². The summed E-state index contributed by atoms with van der Waals surface area (Å²) in [6.45, 7) is 2.35. The summed E-state index contributed by atoms with van der Waals surface area (Å²) in [7, 11) is 3.44. The molecular weight excluding hydrogens is 242 g/mol. The predicted octanol–water partition coefficient (Wildman–Crippen LogP) is 1.67. The van der Waals surface area contributed by atoms with Gasteiger partial charge in [-0.15, -0.1) is 0 Å². The fourth-order valence-corrected chi connectivity index (χ4v) is 1.74. The van der Waals surface area contributed by atoms with Crippen LogP contribution in [0, 0.1) is 6.92 Å². The van der Waals surface area contributed by atoms with Gasteiger partial charge in [-0.1, -0.05) is 12.1 Å². The normalized spacial score (nSPS) is 10.3. The molecule has 2 aromatic rings. The number of ether oxygens (including phenoxy) is 1. The van der Waals surface area contributed by atoms with E-state index >= 15 is 0 Å². The summed E-state index contributed by atoms with van der Waals surface area (Å²) in [6.07, 6.45) is 1.58. The fraction of sp³-hybridized carbons (Fsp3) is 0.286. The van der Waals surface area contributed by atoms with Crippen LogP contribution in [0.1, 0.15) is 21.6 Å². The van der Waals surface area contributed by atoms with Crippen molar-refractivity contribution in [1.82, 2.24) is 15.1 Å². The maximum Gasteiger partial charge on any atom is 0.255 e. The van der Waals surface area contributed by atoms with Gasteiger partial charge in [0.25, 0.3) is 5.91 Å². The van der Waals surface area contributed by atoms with Crippen molar-refractivity contribution < 1.29 is 9.53 Å². The van der Waals surface area contributed by atoms with Crippen LogP contribution in [-0.2, 0) is 13.6 Å². The zero-order valence-electron chi connectivity index (χ0n) is 11.3. The molecule has 5 heteroatoms. The van der Waals surface area contributed by atoms with E-state index in [9.17, 15) is 4.79 Å². The van der Waals surface area contributed by atoms with Crippen LogP contribution in [0.3, 0.4) is 0 Å². The Balaban J connectivity index is 1.98. The smallest absolute Gasteiger partial charge is 0.255 e. The molecule has 1 heterocycles. The number of methoxy groups -OCH3 is 1. The number of nitrogens with one attached hydrogen (secondary N) is 1. The van der Waals surface area contributed by atoms with Gasteiger partial charge in [-0.25, -0.2) is 0 Å². The van der Waals surface area contributed by atoms with Gasteiger partial charge >= 0.3 is 0 Å². The number of carbonyl (C=O) groups excluding carboxylic acids is 1. The van der Waals surface area contributed by atoms with Gasteiger partial charge in [0, 0.05) is 19.3 Å². The van der Waals surface area contributed by atoms with E-state index in [4.69, 9.17) is 4.74 Å². The highest BCUT2D eigenvalue weighted by atomic mass is 16.5. The summed E-state index contributed by atoms with van der Waals surface area (Å²) < 4.78 is 6.77. The van der Waals surface area contributed by atoms with E-state index in [1.807, 2.05) is 38.2 Å². The second-order valence-electron chi connectivity index (χ2n) is 4.30. The maximum atomic E-state index is 12.0. The van der Waals surface area contributed by atoms with E-state index in [-0.39, 0.29) is 5.91 Å². The molecule has 1 aromatic heterocycles. The van der Waals surface area contributed by atoms with Crippen molar-refractivity contribution >= 4 is 5.91 Å². The van der Waals surface area contributed by atoms with Gasteiger partial charge in [-0.3, -0.25) is 9.48 Å². The average Bonchev–Trinajstić information content (AvgIpc) is 2.77. The van der Waals surface area contributed by atoms with Crippen molar-refractivity contribution in [2.75, 3.05) is 7.11 Å². The number of nitrogens with zero attached hydrogens (tertiary/aromatic N) is 2. The highest BCUT2D eigenvalue weighted by Crippen LogP contribution is 2.11. The Hall–Kier alpha value is -2.30. The first-order valence-corrected chi connectivity index (χ1v) is 6.01. The average molecular weight is 259 g/mol. The Bertz CT molecular complexity index is 573. The largest absolute Gasteiger partial charge is 0.497 e. The summed E-state index contributed by atoms with van der Waals surface area (Å²) in [4.78, 5) is 12.0. The number of hydrogen-bond donors (Lipinski definition) is 1. The lowest BCUT2D eigenvalue weighted by Gasteiger charge is -2.06. The highest BCUT2D eigenvalue weighted by molar-refractivity contribution is 5.94. The molecule has 0 unspecified atom stereocenters. The van der Waals surface area contributed by atoms with Crippen LogP contribution >= 0.6 is 0 Å². The molecule has 1 aromatic carbocycles. The third-order valence-electron chi connectivity index (χ3n) is 3.09. The minimum Gasteiger partial charge on any atom is -0.497 e. The molecule has 100 valence electrons. The monoisotopic (exact) mass is 259 g/mol. The zero-order chi connectivity index (χ0) is 13.8. The summed E-state index contributed by atoms with van der Waals surface area (Å²) in [5.41, 5.74) is 2.49. The molecule has 0 saturated heterocycles. The second kappa shape index (κ2) is 5.56. The molecule has 0 spiro atoms. The lowest BCUT2D eigenvalue weighted by Crippen LogP contribution is -2.23. The first-order valence-electron chi connectivity index (χ1n) is 6.01. The third kappa shape index (κ3) is 2.93. The number of carbonyl (C=O) groups is 1. The molecule has 0 bridgehead atoms. The molecule has 0 fully saturated rings. The molecular formula is C14H17N3O2. The van der Waals surface area contributed by atoms with Gasteiger partial charge in [0.15, 0.2) is 0 Å². The van der Waals surface area contributed by atoms with Crippen molar-refractivity contribution in [3.63, 3.8) is 0 Å². The Morgan fingerprint density at radius 1 is 1.37 bits per heavy atom. The number of hydrogen-bond acceptors (Lipinski definition) is 3. The van der Waals surface area contributed by atoms with E-state index in [0.717, 1.165) is 17.0 Å². The lowest BCUT2D eigenvalue weighted by atomic mass is 10.2. The van der Waals surface area contributed by atoms with Crippen molar-refractivity contribution in [3.8, 4) is 5.75 Å². The van der Waals surface area contributed by atoms with Crippen LogP contribution in [-0.4, -0.2) is 22.8 Å². The zero-order valence-corrected chi connectivity index (χ0v) is 11.3. The molecule has 5 nitrogen and oxygen atoms in total. The first-order chi connectivity index (χ1) is 9.11. The minimum absolute atomic E-state index is 0.110. The molecule has 0 aliphatic carbocycles. The van der Waals surface area contributed by atoms with E-state index in [1.165, 1.54) is 0 Å². The van der Waals surface area contributed by atoms with E-state index in [0.29, 0.717) is 12.1 Å². The van der Waals surface area contributed by atoms with Gasteiger partial charge in [-0.05, 0) is 24.6 Å². The quantitative estimate of drug-likeness (QED) is 0.908. The summed E-state index contributed by atoms with van der Waals surface area (Å²) in [5.74, 6) is 0.694. The van der Waals surface area contributed by atoms with E-state index < -0.39 is 0 Å². The van der Waals surface area contributed by atoms with Crippen molar-refractivity contribution in [1.29, 1.82) is 0 Å². The molecule has 2 rings (SSSR count). The summed E-state index contributed by atoms with van der Waals surface area (Å²) >= 11 is 0. The Labute approximate surface area is 112 Å². The highest BCUT2D eigenvalue weighted by Gasteiger charge is 2.12. The number of benzene rings is 1. The van der Waals surface area contributed by atoms with Gasteiger partial charge in [0.1, 0.15) is 5.75 Å². The van der Waals surface area contributed by atoms with Crippen LogP contribution in [0.5, 0.6) is 5.75 Å². The first kappa shape index (κ1) is 13.1. The van der Waals surface area contributed by atoms with Crippen LogP contribution in [0.4, 0.5) is 0 Å². The number of amides is 1. The van der Waals surface area contributed by atoms with Gasteiger partial charge < -0.3 is 10.1 Å². The molecule has 0 radical (unpaired) electrons. The van der Waals surface area contributed by atoms with Crippen LogP contribution in [0.2, 0.25) is 0 Å². The minimum atomic E-state index is -0.110. The topological polar surface area (TPSA) is 56.1 Å². The molecule has 1 N–H and O–H groups in total. The molecule has 0 aliphatic heterocycles. The predicted molar refractivity (Wildman–Crippen MR) is 72.1 cm³/mol. The molecule has 0 aliphatic rings. The van der Waals surface area contributed by atoms with Gasteiger partial charge in [-0.2, -0.15) is 5.10 Å².